The Morgan fingerprint density at radius 1 is 1.03 bits per heavy atom. The number of halogens is 1. The summed E-state index contributed by atoms with van der Waals surface area (Å²) in [5, 5.41) is 3.40. The second-order valence-corrected chi connectivity index (χ2v) is 7.05. The number of aliphatic imine (C=N–C) groups is 1. The summed E-state index contributed by atoms with van der Waals surface area (Å²) >= 11 is 0. The summed E-state index contributed by atoms with van der Waals surface area (Å²) in [5.74, 6) is 1.67. The fourth-order valence-electron chi connectivity index (χ4n) is 3.28. The number of hydrogen-bond donors (Lipinski definition) is 1. The molecule has 0 bridgehead atoms. The molecule has 0 fully saturated rings. The van der Waals surface area contributed by atoms with E-state index in [1.165, 1.54) is 0 Å². The molecule has 0 aliphatic heterocycles. The fraction of sp³-hybridized carbons (Fsp3) is 0.250. The molecule has 1 N–H and O–H groups in total. The predicted molar refractivity (Wildman–Crippen MR) is 136 cm³/mol. The molecule has 1 heterocycles. The van der Waals surface area contributed by atoms with E-state index in [9.17, 15) is 4.79 Å². The zero-order valence-electron chi connectivity index (χ0n) is 18.1. The lowest BCUT2D eigenvalue weighted by Crippen LogP contribution is -2.38. The molecule has 1 aromatic heterocycles. The van der Waals surface area contributed by atoms with Crippen molar-refractivity contribution in [2.75, 3.05) is 21.2 Å². The Morgan fingerprint density at radius 3 is 2.39 bits per heavy atom. The number of rotatable bonds is 7. The number of nitrogens with one attached hydrogen (secondary N) is 1. The van der Waals surface area contributed by atoms with E-state index >= 15 is 0 Å². The first kappa shape index (κ1) is 24.5. The van der Waals surface area contributed by atoms with Crippen LogP contribution in [-0.2, 0) is 19.6 Å². The van der Waals surface area contributed by atoms with Crippen molar-refractivity contribution in [2.24, 2.45) is 4.99 Å². The standard InChI is InChI=1S/C24H28N4O2.HI/c1-25-24(27(2)18-21-8-4-5-9-22(21)30-3)26-16-19-11-13-20(14-12-19)17-28-15-7-6-10-23(28)29;/h4-15H,16-18H2,1-3H3,(H,25,26);1H. The lowest BCUT2D eigenvalue weighted by atomic mass is 10.1. The predicted octanol–water partition coefficient (Wildman–Crippen LogP) is 3.73. The topological polar surface area (TPSA) is 58.9 Å². The van der Waals surface area contributed by atoms with E-state index in [4.69, 9.17) is 4.74 Å². The van der Waals surface area contributed by atoms with Gasteiger partial charge >= 0.3 is 0 Å². The molecule has 0 radical (unpaired) electrons. The Hall–Kier alpha value is -2.81. The molecule has 0 aliphatic rings. The van der Waals surface area contributed by atoms with Gasteiger partial charge in [-0.2, -0.15) is 0 Å². The number of hydrogen-bond acceptors (Lipinski definition) is 3. The van der Waals surface area contributed by atoms with Crippen molar-refractivity contribution in [3.05, 3.63) is 100.0 Å². The molecule has 3 aromatic rings. The number of benzene rings is 2. The van der Waals surface area contributed by atoms with Crippen LogP contribution in [0.5, 0.6) is 5.75 Å². The lowest BCUT2D eigenvalue weighted by Gasteiger charge is -2.23. The van der Waals surface area contributed by atoms with E-state index in [-0.39, 0.29) is 29.5 Å². The second-order valence-electron chi connectivity index (χ2n) is 7.05. The molecule has 2 aromatic carbocycles. The summed E-state index contributed by atoms with van der Waals surface area (Å²) in [6, 6.07) is 21.4. The largest absolute Gasteiger partial charge is 0.496 e. The molecule has 7 heteroatoms. The minimum Gasteiger partial charge on any atom is -0.496 e. The van der Waals surface area contributed by atoms with E-state index in [1.807, 2.05) is 31.3 Å². The van der Waals surface area contributed by atoms with Crippen molar-refractivity contribution in [2.45, 2.75) is 19.6 Å². The Bertz CT molecular complexity index is 1050. The third-order valence-corrected chi connectivity index (χ3v) is 4.90. The SMILES string of the molecule is CN=C(NCc1ccc(Cn2ccccc2=O)cc1)N(C)Cc1ccccc1OC.I. The van der Waals surface area contributed by atoms with Crippen LogP contribution in [0.2, 0.25) is 0 Å². The Morgan fingerprint density at radius 2 is 1.71 bits per heavy atom. The number of pyridine rings is 1. The highest BCUT2D eigenvalue weighted by molar-refractivity contribution is 14.0. The second kappa shape index (κ2) is 12.1. The summed E-state index contributed by atoms with van der Waals surface area (Å²) in [6.45, 7) is 1.92. The summed E-state index contributed by atoms with van der Waals surface area (Å²) < 4.78 is 7.14. The molecule has 164 valence electrons. The third-order valence-electron chi connectivity index (χ3n) is 4.90. The highest BCUT2D eigenvalue weighted by Crippen LogP contribution is 2.18. The smallest absolute Gasteiger partial charge is 0.250 e. The van der Waals surface area contributed by atoms with Gasteiger partial charge in [-0.1, -0.05) is 48.5 Å². The maximum absolute atomic E-state index is 11.9. The van der Waals surface area contributed by atoms with Gasteiger partial charge in [0, 0.05) is 45.0 Å². The van der Waals surface area contributed by atoms with Crippen molar-refractivity contribution in [1.29, 1.82) is 0 Å². The molecule has 0 spiro atoms. The van der Waals surface area contributed by atoms with E-state index < -0.39 is 0 Å². The zero-order chi connectivity index (χ0) is 21.3. The van der Waals surface area contributed by atoms with Gasteiger partial charge < -0.3 is 19.5 Å². The van der Waals surface area contributed by atoms with Gasteiger partial charge in [-0.25, -0.2) is 0 Å². The fourth-order valence-corrected chi connectivity index (χ4v) is 3.28. The molecule has 31 heavy (non-hydrogen) atoms. The van der Waals surface area contributed by atoms with Crippen molar-refractivity contribution < 1.29 is 4.74 Å². The van der Waals surface area contributed by atoms with Gasteiger partial charge in [0.05, 0.1) is 13.7 Å². The van der Waals surface area contributed by atoms with Crippen LogP contribution in [0.3, 0.4) is 0 Å². The van der Waals surface area contributed by atoms with Crippen LogP contribution in [-0.4, -0.2) is 36.6 Å². The molecule has 3 rings (SSSR count). The van der Waals surface area contributed by atoms with Gasteiger partial charge in [0.25, 0.3) is 5.56 Å². The quantitative estimate of drug-likeness (QED) is 0.286. The molecule has 0 amide bonds. The molecular weight excluding hydrogens is 503 g/mol. The molecule has 0 aliphatic carbocycles. The van der Waals surface area contributed by atoms with Crippen molar-refractivity contribution in [1.82, 2.24) is 14.8 Å². The highest BCUT2D eigenvalue weighted by atomic mass is 127. The average molecular weight is 532 g/mol. The number of para-hydroxylation sites is 1. The van der Waals surface area contributed by atoms with E-state index in [0.717, 1.165) is 28.4 Å². The Labute approximate surface area is 200 Å². The zero-order valence-corrected chi connectivity index (χ0v) is 20.4. The number of methoxy groups -OCH3 is 1. The van der Waals surface area contributed by atoms with E-state index in [0.29, 0.717) is 19.6 Å². The maximum Gasteiger partial charge on any atom is 0.250 e. The molecule has 6 nitrogen and oxygen atoms in total. The summed E-state index contributed by atoms with van der Waals surface area (Å²) in [5.41, 5.74) is 3.34. The van der Waals surface area contributed by atoms with Gasteiger partial charge in [-0.15, -0.1) is 24.0 Å². The number of ether oxygens (including phenoxy) is 1. The van der Waals surface area contributed by atoms with Crippen LogP contribution in [0.1, 0.15) is 16.7 Å². The van der Waals surface area contributed by atoms with Crippen LogP contribution in [0.4, 0.5) is 0 Å². The van der Waals surface area contributed by atoms with Crippen LogP contribution < -0.4 is 15.6 Å². The Balaban J connectivity index is 0.00000341. The summed E-state index contributed by atoms with van der Waals surface area (Å²) in [6.07, 6.45) is 1.80. The molecule has 0 atom stereocenters. The number of guanidine groups is 1. The highest BCUT2D eigenvalue weighted by Gasteiger charge is 2.10. The first-order valence-corrected chi connectivity index (χ1v) is 9.87. The average Bonchev–Trinajstić information content (AvgIpc) is 2.77. The molecule has 0 saturated heterocycles. The lowest BCUT2D eigenvalue weighted by molar-refractivity contribution is 0.396. The van der Waals surface area contributed by atoms with Crippen LogP contribution >= 0.6 is 24.0 Å². The Kier molecular flexibility index (Phi) is 9.58. The van der Waals surface area contributed by atoms with Crippen molar-refractivity contribution in [3.8, 4) is 5.75 Å². The number of nitrogens with zero attached hydrogens (tertiary/aromatic N) is 3. The minimum atomic E-state index is 0. The summed E-state index contributed by atoms with van der Waals surface area (Å²) in [4.78, 5) is 18.3. The van der Waals surface area contributed by atoms with Crippen molar-refractivity contribution in [3.63, 3.8) is 0 Å². The van der Waals surface area contributed by atoms with Crippen LogP contribution in [0.25, 0.3) is 0 Å². The van der Waals surface area contributed by atoms with Gasteiger partial charge in [-0.3, -0.25) is 9.79 Å². The van der Waals surface area contributed by atoms with Crippen LogP contribution in [0.15, 0.2) is 82.7 Å². The van der Waals surface area contributed by atoms with Gasteiger partial charge in [0.2, 0.25) is 0 Å². The first-order valence-electron chi connectivity index (χ1n) is 9.87. The van der Waals surface area contributed by atoms with Gasteiger partial charge in [0.15, 0.2) is 5.96 Å². The minimum absolute atomic E-state index is 0. The van der Waals surface area contributed by atoms with Gasteiger partial charge in [-0.05, 0) is 23.3 Å². The molecule has 0 unspecified atom stereocenters. The number of aromatic nitrogens is 1. The van der Waals surface area contributed by atoms with Crippen molar-refractivity contribution >= 4 is 29.9 Å². The van der Waals surface area contributed by atoms with E-state index in [2.05, 4.69) is 45.5 Å². The van der Waals surface area contributed by atoms with Crippen LogP contribution in [0, 0.1) is 0 Å². The third kappa shape index (κ3) is 6.85. The van der Waals surface area contributed by atoms with Gasteiger partial charge in [0.1, 0.15) is 5.75 Å². The normalized spacial score (nSPS) is 10.9. The molecular formula is C24H29IN4O2. The van der Waals surface area contributed by atoms with E-state index in [1.54, 1.807) is 37.1 Å². The monoisotopic (exact) mass is 532 g/mol. The first-order chi connectivity index (χ1) is 14.6. The maximum atomic E-state index is 11.9. The summed E-state index contributed by atoms with van der Waals surface area (Å²) in [7, 11) is 5.47. The molecule has 0 saturated carbocycles.